The van der Waals surface area contributed by atoms with Crippen molar-refractivity contribution in [1.82, 2.24) is 10.6 Å². The van der Waals surface area contributed by atoms with Crippen molar-refractivity contribution in [2.75, 3.05) is 46.6 Å². The maximum Gasteiger partial charge on any atom is 0.191 e. The standard InChI is InChI=1S/C14H31N3O2/c1-5-18-10-6-8-16-14(15-4)17-9-12-19-11-7-13(2)3/h13H,5-12H2,1-4H3,(H2,15,16,17). The second-order valence-corrected chi connectivity index (χ2v) is 4.77. The molecule has 0 amide bonds. The van der Waals surface area contributed by atoms with Crippen LogP contribution < -0.4 is 10.6 Å². The van der Waals surface area contributed by atoms with Crippen molar-refractivity contribution in [2.45, 2.75) is 33.6 Å². The van der Waals surface area contributed by atoms with Crippen molar-refractivity contribution in [3.63, 3.8) is 0 Å². The van der Waals surface area contributed by atoms with E-state index in [0.29, 0.717) is 12.5 Å². The molecule has 0 aliphatic rings. The summed E-state index contributed by atoms with van der Waals surface area (Å²) >= 11 is 0. The van der Waals surface area contributed by atoms with Gasteiger partial charge in [-0.3, -0.25) is 4.99 Å². The van der Waals surface area contributed by atoms with Gasteiger partial charge in [0, 0.05) is 40.0 Å². The SMILES string of the molecule is CCOCCCNC(=NC)NCCOCCC(C)C. The molecule has 0 bridgehead atoms. The number of nitrogens with one attached hydrogen (secondary N) is 2. The summed E-state index contributed by atoms with van der Waals surface area (Å²) in [5, 5.41) is 6.46. The molecule has 114 valence electrons. The van der Waals surface area contributed by atoms with Gasteiger partial charge < -0.3 is 20.1 Å². The van der Waals surface area contributed by atoms with Gasteiger partial charge in [0.2, 0.25) is 0 Å². The molecule has 0 spiro atoms. The first kappa shape index (κ1) is 18.2. The van der Waals surface area contributed by atoms with E-state index in [9.17, 15) is 0 Å². The Morgan fingerprint density at radius 3 is 2.42 bits per heavy atom. The number of rotatable bonds is 11. The predicted octanol–water partition coefficient (Wildman–Crippen LogP) is 1.64. The zero-order valence-corrected chi connectivity index (χ0v) is 13.0. The van der Waals surface area contributed by atoms with Crippen LogP contribution in [0.1, 0.15) is 33.6 Å². The van der Waals surface area contributed by atoms with E-state index >= 15 is 0 Å². The molecule has 0 aliphatic heterocycles. The topological polar surface area (TPSA) is 54.9 Å². The Morgan fingerprint density at radius 2 is 1.79 bits per heavy atom. The number of ether oxygens (including phenoxy) is 2. The van der Waals surface area contributed by atoms with Gasteiger partial charge in [0.1, 0.15) is 0 Å². The van der Waals surface area contributed by atoms with E-state index in [2.05, 4.69) is 29.5 Å². The van der Waals surface area contributed by atoms with Crippen LogP contribution >= 0.6 is 0 Å². The van der Waals surface area contributed by atoms with Crippen molar-refractivity contribution < 1.29 is 9.47 Å². The summed E-state index contributed by atoms with van der Waals surface area (Å²) in [5.41, 5.74) is 0. The zero-order valence-electron chi connectivity index (χ0n) is 13.0. The molecule has 0 unspecified atom stereocenters. The highest BCUT2D eigenvalue weighted by Crippen LogP contribution is 1.98. The lowest BCUT2D eigenvalue weighted by atomic mass is 10.1. The summed E-state index contributed by atoms with van der Waals surface area (Å²) in [4.78, 5) is 4.15. The van der Waals surface area contributed by atoms with Crippen molar-refractivity contribution in [1.29, 1.82) is 0 Å². The number of hydrogen-bond donors (Lipinski definition) is 2. The molecule has 0 saturated carbocycles. The molecule has 2 N–H and O–H groups in total. The third-order valence-electron chi connectivity index (χ3n) is 2.56. The number of nitrogens with zero attached hydrogens (tertiary/aromatic N) is 1. The van der Waals surface area contributed by atoms with Gasteiger partial charge in [0.15, 0.2) is 5.96 Å². The highest BCUT2D eigenvalue weighted by molar-refractivity contribution is 5.79. The van der Waals surface area contributed by atoms with Gasteiger partial charge in [-0.2, -0.15) is 0 Å². The molecule has 0 rings (SSSR count). The van der Waals surface area contributed by atoms with E-state index in [-0.39, 0.29) is 0 Å². The maximum atomic E-state index is 5.53. The van der Waals surface area contributed by atoms with Crippen molar-refractivity contribution in [2.24, 2.45) is 10.9 Å². The minimum Gasteiger partial charge on any atom is -0.382 e. The van der Waals surface area contributed by atoms with Crippen LogP contribution in [0, 0.1) is 5.92 Å². The number of aliphatic imine (C=N–C) groups is 1. The van der Waals surface area contributed by atoms with E-state index in [1.54, 1.807) is 7.05 Å². The van der Waals surface area contributed by atoms with Crippen molar-refractivity contribution in [3.05, 3.63) is 0 Å². The van der Waals surface area contributed by atoms with Crippen LogP contribution in [0.2, 0.25) is 0 Å². The van der Waals surface area contributed by atoms with Crippen molar-refractivity contribution >= 4 is 5.96 Å². The fourth-order valence-corrected chi connectivity index (χ4v) is 1.41. The summed E-state index contributed by atoms with van der Waals surface area (Å²) in [6.07, 6.45) is 2.10. The summed E-state index contributed by atoms with van der Waals surface area (Å²) in [5.74, 6) is 1.52. The third kappa shape index (κ3) is 13.4. The minimum absolute atomic E-state index is 0.702. The Bertz CT molecular complexity index is 221. The molecule has 0 heterocycles. The molecule has 0 atom stereocenters. The van der Waals surface area contributed by atoms with Gasteiger partial charge in [-0.15, -0.1) is 0 Å². The second kappa shape index (κ2) is 13.6. The van der Waals surface area contributed by atoms with E-state index in [1.807, 2.05) is 6.92 Å². The predicted molar refractivity (Wildman–Crippen MR) is 80.7 cm³/mol. The Kier molecular flexibility index (Phi) is 13.0. The summed E-state index contributed by atoms with van der Waals surface area (Å²) in [7, 11) is 1.78. The third-order valence-corrected chi connectivity index (χ3v) is 2.56. The van der Waals surface area contributed by atoms with Crippen LogP contribution in [0.15, 0.2) is 4.99 Å². The average molecular weight is 273 g/mol. The normalized spacial score (nSPS) is 11.9. The maximum absolute atomic E-state index is 5.53. The minimum atomic E-state index is 0.702. The Hall–Kier alpha value is -0.810. The molecule has 0 saturated heterocycles. The summed E-state index contributed by atoms with van der Waals surface area (Å²) < 4.78 is 10.8. The molecule has 5 heteroatoms. The quantitative estimate of drug-likeness (QED) is 0.341. The molecule has 5 nitrogen and oxygen atoms in total. The molecule has 0 aromatic carbocycles. The fourth-order valence-electron chi connectivity index (χ4n) is 1.41. The van der Waals surface area contributed by atoms with Gasteiger partial charge in [-0.05, 0) is 25.7 Å². The molecule has 0 aliphatic carbocycles. The van der Waals surface area contributed by atoms with Crippen molar-refractivity contribution in [3.8, 4) is 0 Å². The van der Waals surface area contributed by atoms with Crippen LogP contribution in [0.5, 0.6) is 0 Å². The van der Waals surface area contributed by atoms with Gasteiger partial charge in [-0.25, -0.2) is 0 Å². The van der Waals surface area contributed by atoms with E-state index in [1.165, 1.54) is 0 Å². The molecule has 19 heavy (non-hydrogen) atoms. The van der Waals surface area contributed by atoms with Gasteiger partial charge in [-0.1, -0.05) is 13.8 Å². The number of guanidine groups is 1. The summed E-state index contributed by atoms with van der Waals surface area (Å²) in [6, 6.07) is 0. The second-order valence-electron chi connectivity index (χ2n) is 4.77. The Labute approximate surface area is 118 Å². The lowest BCUT2D eigenvalue weighted by Gasteiger charge is -2.12. The Balaban J connectivity index is 3.40. The monoisotopic (exact) mass is 273 g/mol. The molecule has 0 aromatic rings. The van der Waals surface area contributed by atoms with Crippen LogP contribution in [0.4, 0.5) is 0 Å². The van der Waals surface area contributed by atoms with Gasteiger partial charge in [0.05, 0.1) is 6.61 Å². The molecule has 0 radical (unpaired) electrons. The van der Waals surface area contributed by atoms with Crippen LogP contribution in [-0.2, 0) is 9.47 Å². The highest BCUT2D eigenvalue weighted by Gasteiger charge is 1.97. The Morgan fingerprint density at radius 1 is 1.05 bits per heavy atom. The molecule has 0 fully saturated rings. The molecular weight excluding hydrogens is 242 g/mol. The van der Waals surface area contributed by atoms with Crippen LogP contribution in [0.25, 0.3) is 0 Å². The lowest BCUT2D eigenvalue weighted by Crippen LogP contribution is -2.39. The number of hydrogen-bond acceptors (Lipinski definition) is 3. The lowest BCUT2D eigenvalue weighted by molar-refractivity contribution is 0.128. The summed E-state index contributed by atoms with van der Waals surface area (Å²) in [6.45, 7) is 11.2. The van der Waals surface area contributed by atoms with Gasteiger partial charge >= 0.3 is 0 Å². The van der Waals surface area contributed by atoms with Gasteiger partial charge in [0.25, 0.3) is 0 Å². The first-order chi connectivity index (χ1) is 9.20. The average Bonchev–Trinajstić information content (AvgIpc) is 2.39. The molecular formula is C14H31N3O2. The fraction of sp³-hybridized carbons (Fsp3) is 0.929. The van der Waals surface area contributed by atoms with E-state index in [0.717, 1.165) is 51.7 Å². The van der Waals surface area contributed by atoms with Crippen LogP contribution in [-0.4, -0.2) is 52.5 Å². The zero-order chi connectivity index (χ0) is 14.3. The smallest absolute Gasteiger partial charge is 0.191 e. The molecule has 0 aromatic heterocycles. The highest BCUT2D eigenvalue weighted by atomic mass is 16.5. The van der Waals surface area contributed by atoms with E-state index < -0.39 is 0 Å². The largest absolute Gasteiger partial charge is 0.382 e. The first-order valence-electron chi connectivity index (χ1n) is 7.30. The van der Waals surface area contributed by atoms with E-state index in [4.69, 9.17) is 9.47 Å². The first-order valence-corrected chi connectivity index (χ1v) is 7.30. The van der Waals surface area contributed by atoms with Crippen LogP contribution in [0.3, 0.4) is 0 Å².